The second-order valence-corrected chi connectivity index (χ2v) is 4.11. The maximum Gasteiger partial charge on any atom is 0.124 e. The van der Waals surface area contributed by atoms with E-state index in [1.807, 2.05) is 13.2 Å². The molecule has 0 N–H and O–H groups in total. The van der Waals surface area contributed by atoms with Gasteiger partial charge in [0.15, 0.2) is 0 Å². The standard InChI is InChI=1S/C13H15NO/c1-9-6-10(2)13-11(4-5-15)8-14(3)12(13)7-9/h5-8H,4H2,1-3H3. The van der Waals surface area contributed by atoms with Crippen LogP contribution in [-0.4, -0.2) is 10.9 Å². The van der Waals surface area contributed by atoms with Crippen molar-refractivity contribution in [2.45, 2.75) is 20.3 Å². The van der Waals surface area contributed by atoms with Crippen LogP contribution in [0.25, 0.3) is 10.9 Å². The van der Waals surface area contributed by atoms with Crippen molar-refractivity contribution in [2.75, 3.05) is 0 Å². The Morgan fingerprint density at radius 2 is 2.07 bits per heavy atom. The van der Waals surface area contributed by atoms with Gasteiger partial charge in [0, 0.05) is 30.6 Å². The summed E-state index contributed by atoms with van der Waals surface area (Å²) in [5.41, 5.74) is 4.85. The lowest BCUT2D eigenvalue weighted by Gasteiger charge is -2.02. The van der Waals surface area contributed by atoms with Crippen molar-refractivity contribution in [3.63, 3.8) is 0 Å². The van der Waals surface area contributed by atoms with Crippen LogP contribution in [0.15, 0.2) is 18.3 Å². The third kappa shape index (κ3) is 1.56. The maximum atomic E-state index is 10.6. The van der Waals surface area contributed by atoms with Crippen molar-refractivity contribution in [3.8, 4) is 0 Å². The molecule has 0 radical (unpaired) electrons. The van der Waals surface area contributed by atoms with Crippen molar-refractivity contribution in [1.29, 1.82) is 0 Å². The third-order valence-corrected chi connectivity index (χ3v) is 2.81. The minimum atomic E-state index is 0.501. The van der Waals surface area contributed by atoms with Crippen molar-refractivity contribution in [2.24, 2.45) is 7.05 Å². The van der Waals surface area contributed by atoms with Gasteiger partial charge in [0.2, 0.25) is 0 Å². The van der Waals surface area contributed by atoms with E-state index in [-0.39, 0.29) is 0 Å². The van der Waals surface area contributed by atoms with E-state index in [1.165, 1.54) is 22.0 Å². The lowest BCUT2D eigenvalue weighted by Crippen LogP contribution is -1.86. The summed E-state index contributed by atoms with van der Waals surface area (Å²) in [4.78, 5) is 10.6. The number of carbonyl (C=O) groups is 1. The largest absolute Gasteiger partial charge is 0.350 e. The number of hydrogen-bond acceptors (Lipinski definition) is 1. The van der Waals surface area contributed by atoms with Gasteiger partial charge in [-0.15, -0.1) is 0 Å². The van der Waals surface area contributed by atoms with Gasteiger partial charge in [-0.2, -0.15) is 0 Å². The molecule has 0 atom stereocenters. The Bertz CT molecular complexity index is 523. The lowest BCUT2D eigenvalue weighted by molar-refractivity contribution is -0.107. The Hall–Kier alpha value is -1.57. The molecule has 0 saturated carbocycles. The summed E-state index contributed by atoms with van der Waals surface area (Å²) in [6.45, 7) is 4.20. The molecule has 2 heteroatoms. The van der Waals surface area contributed by atoms with Crippen LogP contribution in [0.5, 0.6) is 0 Å². The summed E-state index contributed by atoms with van der Waals surface area (Å²) < 4.78 is 2.09. The van der Waals surface area contributed by atoms with Crippen LogP contribution in [0.2, 0.25) is 0 Å². The van der Waals surface area contributed by atoms with Gasteiger partial charge in [0.05, 0.1) is 0 Å². The first kappa shape index (κ1) is 9.97. The molecule has 78 valence electrons. The number of aryl methyl sites for hydroxylation is 3. The quantitative estimate of drug-likeness (QED) is 0.684. The molecular weight excluding hydrogens is 186 g/mol. The van der Waals surface area contributed by atoms with E-state index in [0.29, 0.717) is 6.42 Å². The number of carbonyl (C=O) groups excluding carboxylic acids is 1. The summed E-state index contributed by atoms with van der Waals surface area (Å²) in [5.74, 6) is 0. The van der Waals surface area contributed by atoms with E-state index in [9.17, 15) is 4.79 Å². The van der Waals surface area contributed by atoms with Gasteiger partial charge < -0.3 is 9.36 Å². The Balaban J connectivity index is 2.80. The molecule has 0 saturated heterocycles. The summed E-state index contributed by atoms with van der Waals surface area (Å²) in [7, 11) is 2.02. The van der Waals surface area contributed by atoms with Gasteiger partial charge in [-0.3, -0.25) is 0 Å². The molecule has 2 nitrogen and oxygen atoms in total. The van der Waals surface area contributed by atoms with Gasteiger partial charge >= 0.3 is 0 Å². The van der Waals surface area contributed by atoms with E-state index >= 15 is 0 Å². The monoisotopic (exact) mass is 201 g/mol. The molecule has 0 aliphatic heterocycles. The van der Waals surface area contributed by atoms with Crippen LogP contribution in [0.1, 0.15) is 16.7 Å². The predicted octanol–water partition coefficient (Wildman–Crippen LogP) is 2.54. The van der Waals surface area contributed by atoms with Gasteiger partial charge in [0.25, 0.3) is 0 Å². The van der Waals surface area contributed by atoms with E-state index in [2.05, 4.69) is 30.5 Å². The molecule has 2 rings (SSSR count). The zero-order chi connectivity index (χ0) is 11.0. The second kappa shape index (κ2) is 3.54. The zero-order valence-corrected chi connectivity index (χ0v) is 9.37. The van der Waals surface area contributed by atoms with Crippen LogP contribution in [0.4, 0.5) is 0 Å². The average molecular weight is 201 g/mol. The number of fused-ring (bicyclic) bond motifs is 1. The molecule has 1 heterocycles. The molecule has 0 unspecified atom stereocenters. The molecule has 0 spiro atoms. The first-order valence-electron chi connectivity index (χ1n) is 5.12. The molecule has 1 aromatic heterocycles. The molecule has 0 bridgehead atoms. The second-order valence-electron chi connectivity index (χ2n) is 4.11. The summed E-state index contributed by atoms with van der Waals surface area (Å²) in [6, 6.07) is 4.33. The highest BCUT2D eigenvalue weighted by Crippen LogP contribution is 2.25. The highest BCUT2D eigenvalue weighted by molar-refractivity contribution is 5.89. The van der Waals surface area contributed by atoms with Crippen LogP contribution in [0.3, 0.4) is 0 Å². The Morgan fingerprint density at radius 3 is 2.73 bits per heavy atom. The first-order valence-corrected chi connectivity index (χ1v) is 5.12. The average Bonchev–Trinajstić information content (AvgIpc) is 2.44. The Morgan fingerprint density at radius 1 is 1.33 bits per heavy atom. The number of benzene rings is 1. The van der Waals surface area contributed by atoms with Gasteiger partial charge in [0.1, 0.15) is 6.29 Å². The van der Waals surface area contributed by atoms with Gasteiger partial charge in [-0.25, -0.2) is 0 Å². The molecule has 15 heavy (non-hydrogen) atoms. The van der Waals surface area contributed by atoms with Crippen molar-refractivity contribution < 1.29 is 4.79 Å². The molecule has 0 fully saturated rings. The highest BCUT2D eigenvalue weighted by atomic mass is 16.1. The minimum absolute atomic E-state index is 0.501. The fourth-order valence-corrected chi connectivity index (χ4v) is 2.25. The van der Waals surface area contributed by atoms with Gasteiger partial charge in [-0.05, 0) is 36.6 Å². The van der Waals surface area contributed by atoms with Crippen LogP contribution in [0, 0.1) is 13.8 Å². The van der Waals surface area contributed by atoms with E-state index < -0.39 is 0 Å². The first-order chi connectivity index (χ1) is 7.13. The molecular formula is C13H15NO. The van der Waals surface area contributed by atoms with Gasteiger partial charge in [-0.1, -0.05) is 6.07 Å². The fourth-order valence-electron chi connectivity index (χ4n) is 2.25. The topological polar surface area (TPSA) is 22.0 Å². The normalized spacial score (nSPS) is 10.9. The Kier molecular flexibility index (Phi) is 2.35. The van der Waals surface area contributed by atoms with E-state index in [1.54, 1.807) is 0 Å². The minimum Gasteiger partial charge on any atom is -0.350 e. The summed E-state index contributed by atoms with van der Waals surface area (Å²) in [6.07, 6.45) is 3.51. The van der Waals surface area contributed by atoms with Crippen molar-refractivity contribution in [3.05, 3.63) is 35.0 Å². The third-order valence-electron chi connectivity index (χ3n) is 2.81. The summed E-state index contributed by atoms with van der Waals surface area (Å²) in [5, 5.41) is 1.23. The van der Waals surface area contributed by atoms with Crippen LogP contribution in [-0.2, 0) is 18.3 Å². The summed E-state index contributed by atoms with van der Waals surface area (Å²) >= 11 is 0. The maximum absolute atomic E-state index is 10.6. The molecule has 0 aliphatic rings. The zero-order valence-electron chi connectivity index (χ0n) is 9.37. The predicted molar refractivity (Wildman–Crippen MR) is 62.2 cm³/mol. The molecule has 0 amide bonds. The Labute approximate surface area is 89.5 Å². The fraction of sp³-hybridized carbons (Fsp3) is 0.308. The molecule has 0 aliphatic carbocycles. The SMILES string of the molecule is Cc1cc(C)c2c(CC=O)cn(C)c2c1. The van der Waals surface area contributed by atoms with Crippen molar-refractivity contribution >= 4 is 17.2 Å². The van der Waals surface area contributed by atoms with Crippen LogP contribution >= 0.6 is 0 Å². The number of hydrogen-bond donors (Lipinski definition) is 0. The number of nitrogens with zero attached hydrogens (tertiary/aromatic N) is 1. The number of aldehydes is 1. The smallest absolute Gasteiger partial charge is 0.124 e. The van der Waals surface area contributed by atoms with Crippen LogP contribution < -0.4 is 0 Å². The number of aromatic nitrogens is 1. The van der Waals surface area contributed by atoms with Crippen molar-refractivity contribution in [1.82, 2.24) is 4.57 Å². The van der Waals surface area contributed by atoms with E-state index in [4.69, 9.17) is 0 Å². The molecule has 1 aromatic carbocycles. The highest BCUT2D eigenvalue weighted by Gasteiger charge is 2.08. The van der Waals surface area contributed by atoms with E-state index in [0.717, 1.165) is 11.8 Å². The number of rotatable bonds is 2. The lowest BCUT2D eigenvalue weighted by atomic mass is 10.0. The molecule has 2 aromatic rings.